The molecular weight excluding hydrogens is 244 g/mol. The van der Waals surface area contributed by atoms with E-state index in [1.54, 1.807) is 0 Å². The molecule has 19 heavy (non-hydrogen) atoms. The quantitative estimate of drug-likeness (QED) is 0.773. The summed E-state index contributed by atoms with van der Waals surface area (Å²) in [5.41, 5.74) is 0.891. The van der Waals surface area contributed by atoms with Crippen molar-refractivity contribution in [2.75, 3.05) is 0 Å². The Morgan fingerprint density at radius 2 is 2.05 bits per heavy atom. The molecule has 100 valence electrons. The second-order valence-corrected chi connectivity index (χ2v) is 4.42. The fourth-order valence-electron chi connectivity index (χ4n) is 1.59. The van der Waals surface area contributed by atoms with Gasteiger partial charge >= 0.3 is 5.97 Å². The van der Waals surface area contributed by atoms with Crippen LogP contribution < -0.4 is 0 Å². The van der Waals surface area contributed by atoms with Crippen LogP contribution in [0.5, 0.6) is 0 Å². The molecule has 5 nitrogen and oxygen atoms in total. The van der Waals surface area contributed by atoms with E-state index in [1.165, 1.54) is 0 Å². The molecule has 0 saturated carbocycles. The number of nitrogens with zero attached hydrogens (tertiary/aromatic N) is 2. The zero-order chi connectivity index (χ0) is 13.7. The molecule has 0 fully saturated rings. The number of hydrogen-bond donors (Lipinski definition) is 0. The van der Waals surface area contributed by atoms with Gasteiger partial charge in [0, 0.05) is 12.0 Å². The molecule has 0 amide bonds. The Balaban J connectivity index is 1.93. The van der Waals surface area contributed by atoms with Crippen LogP contribution in [0.2, 0.25) is 0 Å². The zero-order valence-corrected chi connectivity index (χ0v) is 11.0. The predicted molar refractivity (Wildman–Crippen MR) is 69.3 cm³/mol. The van der Waals surface area contributed by atoms with Crippen molar-refractivity contribution < 1.29 is 14.1 Å². The first-order valence-corrected chi connectivity index (χ1v) is 6.22. The van der Waals surface area contributed by atoms with E-state index < -0.39 is 0 Å². The molecular formula is C14H16N2O3. The van der Waals surface area contributed by atoms with Crippen LogP contribution in [0.4, 0.5) is 0 Å². The number of esters is 1. The molecule has 2 aromatic rings. The van der Waals surface area contributed by atoms with Gasteiger partial charge in [-0.15, -0.1) is 0 Å². The van der Waals surface area contributed by atoms with Gasteiger partial charge < -0.3 is 9.26 Å². The van der Waals surface area contributed by atoms with Gasteiger partial charge in [0.15, 0.2) is 0 Å². The van der Waals surface area contributed by atoms with Crippen LogP contribution in [0.3, 0.4) is 0 Å². The SMILES string of the molecule is CC(C)OC(=O)CCc1nc(-c2ccccc2)no1. The monoisotopic (exact) mass is 260 g/mol. The first-order chi connectivity index (χ1) is 9.15. The number of aryl methyl sites for hydroxylation is 1. The van der Waals surface area contributed by atoms with E-state index >= 15 is 0 Å². The molecule has 0 atom stereocenters. The molecule has 0 saturated heterocycles. The van der Waals surface area contributed by atoms with Crippen LogP contribution in [-0.4, -0.2) is 22.2 Å². The molecule has 0 aliphatic rings. The van der Waals surface area contributed by atoms with E-state index in [4.69, 9.17) is 9.26 Å². The van der Waals surface area contributed by atoms with Crippen molar-refractivity contribution in [3.8, 4) is 11.4 Å². The normalized spacial score (nSPS) is 10.7. The van der Waals surface area contributed by atoms with Crippen molar-refractivity contribution in [2.45, 2.75) is 32.8 Å². The molecule has 1 aromatic heterocycles. The van der Waals surface area contributed by atoms with Crippen LogP contribution in [0.1, 0.15) is 26.2 Å². The van der Waals surface area contributed by atoms with E-state index in [0.717, 1.165) is 5.56 Å². The Bertz CT molecular complexity index is 535. The molecule has 0 bridgehead atoms. The lowest BCUT2D eigenvalue weighted by atomic mass is 10.2. The number of rotatable bonds is 5. The van der Waals surface area contributed by atoms with Crippen LogP contribution in [-0.2, 0) is 16.0 Å². The summed E-state index contributed by atoms with van der Waals surface area (Å²) < 4.78 is 10.1. The minimum absolute atomic E-state index is 0.102. The minimum atomic E-state index is -0.255. The van der Waals surface area contributed by atoms with Gasteiger partial charge in [-0.3, -0.25) is 4.79 Å². The summed E-state index contributed by atoms with van der Waals surface area (Å²) >= 11 is 0. The Labute approximate surface area is 111 Å². The molecule has 0 radical (unpaired) electrons. The summed E-state index contributed by atoms with van der Waals surface area (Å²) in [6.07, 6.45) is 0.537. The average molecular weight is 260 g/mol. The molecule has 2 rings (SSSR count). The van der Waals surface area contributed by atoms with Crippen molar-refractivity contribution >= 4 is 5.97 Å². The lowest BCUT2D eigenvalue weighted by molar-refractivity contribution is -0.147. The van der Waals surface area contributed by atoms with E-state index in [1.807, 2.05) is 44.2 Å². The topological polar surface area (TPSA) is 65.2 Å². The molecule has 0 aliphatic heterocycles. The zero-order valence-electron chi connectivity index (χ0n) is 11.0. The Morgan fingerprint density at radius 1 is 1.32 bits per heavy atom. The maximum atomic E-state index is 11.4. The van der Waals surface area contributed by atoms with Gasteiger partial charge in [0.05, 0.1) is 12.5 Å². The standard InChI is InChI=1S/C14H16N2O3/c1-10(2)18-13(17)9-8-12-15-14(16-19-12)11-6-4-3-5-7-11/h3-7,10H,8-9H2,1-2H3. The van der Waals surface area contributed by atoms with Gasteiger partial charge in [-0.2, -0.15) is 4.98 Å². The average Bonchev–Trinajstić information content (AvgIpc) is 2.85. The maximum Gasteiger partial charge on any atom is 0.306 e. The van der Waals surface area contributed by atoms with E-state index in [0.29, 0.717) is 18.1 Å². The summed E-state index contributed by atoms with van der Waals surface area (Å²) in [5.74, 6) is 0.724. The maximum absolute atomic E-state index is 11.4. The van der Waals surface area contributed by atoms with Gasteiger partial charge in [0.25, 0.3) is 0 Å². The van der Waals surface area contributed by atoms with Crippen LogP contribution in [0.15, 0.2) is 34.9 Å². The van der Waals surface area contributed by atoms with E-state index in [9.17, 15) is 4.79 Å². The first-order valence-electron chi connectivity index (χ1n) is 6.22. The highest BCUT2D eigenvalue weighted by Gasteiger charge is 2.11. The van der Waals surface area contributed by atoms with Crippen LogP contribution in [0.25, 0.3) is 11.4 Å². The third-order valence-corrected chi connectivity index (χ3v) is 2.41. The number of carbonyl (C=O) groups excluding carboxylic acids is 1. The Morgan fingerprint density at radius 3 is 2.74 bits per heavy atom. The fourth-order valence-corrected chi connectivity index (χ4v) is 1.59. The van der Waals surface area contributed by atoms with Crippen LogP contribution >= 0.6 is 0 Å². The lowest BCUT2D eigenvalue weighted by Gasteiger charge is -2.05. The summed E-state index contributed by atoms with van der Waals surface area (Å²) in [7, 11) is 0. The third-order valence-electron chi connectivity index (χ3n) is 2.41. The largest absolute Gasteiger partial charge is 0.463 e. The van der Waals surface area contributed by atoms with Gasteiger partial charge in [-0.1, -0.05) is 35.5 Å². The molecule has 0 unspecified atom stereocenters. The highest BCUT2D eigenvalue weighted by Crippen LogP contribution is 2.15. The highest BCUT2D eigenvalue weighted by molar-refractivity contribution is 5.69. The van der Waals surface area contributed by atoms with E-state index in [2.05, 4.69) is 10.1 Å². The highest BCUT2D eigenvalue weighted by atomic mass is 16.5. The lowest BCUT2D eigenvalue weighted by Crippen LogP contribution is -2.11. The fraction of sp³-hybridized carbons (Fsp3) is 0.357. The smallest absolute Gasteiger partial charge is 0.306 e. The van der Waals surface area contributed by atoms with Crippen molar-refractivity contribution in [3.05, 3.63) is 36.2 Å². The molecule has 0 aliphatic carbocycles. The number of carbonyl (C=O) groups is 1. The van der Waals surface area contributed by atoms with Crippen molar-refractivity contribution in [1.29, 1.82) is 0 Å². The summed E-state index contributed by atoms with van der Waals surface area (Å²) in [4.78, 5) is 15.6. The van der Waals surface area contributed by atoms with Gasteiger partial charge in [-0.25, -0.2) is 0 Å². The molecule has 1 aromatic carbocycles. The number of benzene rings is 1. The third kappa shape index (κ3) is 3.91. The second-order valence-electron chi connectivity index (χ2n) is 4.42. The molecule has 5 heteroatoms. The summed E-state index contributed by atoms with van der Waals surface area (Å²) in [6.45, 7) is 3.64. The predicted octanol–water partition coefficient (Wildman–Crippen LogP) is 2.62. The summed E-state index contributed by atoms with van der Waals surface area (Å²) in [5, 5.41) is 3.89. The molecule has 1 heterocycles. The minimum Gasteiger partial charge on any atom is -0.463 e. The second kappa shape index (κ2) is 6.13. The van der Waals surface area contributed by atoms with Gasteiger partial charge in [-0.05, 0) is 13.8 Å². The number of aromatic nitrogens is 2. The number of hydrogen-bond acceptors (Lipinski definition) is 5. The Kier molecular flexibility index (Phi) is 4.28. The molecule has 0 N–H and O–H groups in total. The van der Waals surface area contributed by atoms with E-state index in [-0.39, 0.29) is 18.5 Å². The van der Waals surface area contributed by atoms with Gasteiger partial charge in [0.2, 0.25) is 11.7 Å². The van der Waals surface area contributed by atoms with Crippen LogP contribution in [0, 0.1) is 0 Å². The summed E-state index contributed by atoms with van der Waals surface area (Å²) in [6, 6.07) is 9.55. The molecule has 0 spiro atoms. The number of ether oxygens (including phenoxy) is 1. The van der Waals surface area contributed by atoms with Gasteiger partial charge in [0.1, 0.15) is 0 Å². The van der Waals surface area contributed by atoms with Crippen molar-refractivity contribution in [1.82, 2.24) is 10.1 Å². The Hall–Kier alpha value is -2.17. The van der Waals surface area contributed by atoms with Crippen molar-refractivity contribution in [3.63, 3.8) is 0 Å². The van der Waals surface area contributed by atoms with Crippen molar-refractivity contribution in [2.24, 2.45) is 0 Å². The first kappa shape index (κ1) is 13.3.